The molecule has 4 nitrogen and oxygen atoms in total. The molecular formula is C23H25Cl2NO3S2. The first-order valence-corrected chi connectivity index (χ1v) is 13.6. The number of carbonyl (C=O) groups is 1. The first-order chi connectivity index (χ1) is 14.7. The fourth-order valence-electron chi connectivity index (χ4n) is 4.35. The van der Waals surface area contributed by atoms with E-state index in [1.807, 2.05) is 37.3 Å². The first kappa shape index (κ1) is 23.0. The molecule has 4 rings (SSSR count). The van der Waals surface area contributed by atoms with Gasteiger partial charge in [-0.25, -0.2) is 12.7 Å². The third-order valence-corrected chi connectivity index (χ3v) is 10.3. The number of thioether (sulfide) groups is 1. The second-order valence-corrected chi connectivity index (χ2v) is 12.8. The Kier molecular flexibility index (Phi) is 6.64. The van der Waals surface area contributed by atoms with Crippen LogP contribution in [0.15, 0.2) is 59.5 Å². The number of amides is 1. The van der Waals surface area contributed by atoms with Crippen molar-refractivity contribution in [2.45, 2.75) is 64.8 Å². The van der Waals surface area contributed by atoms with E-state index < -0.39 is 31.6 Å². The van der Waals surface area contributed by atoms with E-state index in [0.29, 0.717) is 0 Å². The van der Waals surface area contributed by atoms with Crippen LogP contribution in [0.5, 0.6) is 0 Å². The van der Waals surface area contributed by atoms with Gasteiger partial charge < -0.3 is 0 Å². The lowest BCUT2D eigenvalue weighted by atomic mass is 9.97. The highest BCUT2D eigenvalue weighted by Crippen LogP contribution is 2.55. The van der Waals surface area contributed by atoms with Crippen LogP contribution in [-0.2, 0) is 14.8 Å². The van der Waals surface area contributed by atoms with Crippen molar-refractivity contribution < 1.29 is 13.2 Å². The minimum atomic E-state index is -4.12. The Hall–Kier alpha value is -1.21. The molecule has 2 atom stereocenters. The molecule has 1 saturated heterocycles. The summed E-state index contributed by atoms with van der Waals surface area (Å²) in [5.74, 6) is -1.45. The molecule has 1 aliphatic carbocycles. The Morgan fingerprint density at radius 2 is 1.58 bits per heavy atom. The number of nitrogens with zero attached hydrogens (tertiary/aromatic N) is 1. The van der Waals surface area contributed by atoms with Crippen molar-refractivity contribution in [3.05, 3.63) is 65.7 Å². The quantitative estimate of drug-likeness (QED) is 0.484. The Morgan fingerprint density at radius 1 is 0.968 bits per heavy atom. The average molecular weight is 498 g/mol. The largest absolute Gasteiger partial charge is 0.274 e. The van der Waals surface area contributed by atoms with Gasteiger partial charge in [-0.2, -0.15) is 0 Å². The molecule has 8 heteroatoms. The number of sulfonamides is 1. The van der Waals surface area contributed by atoms with Crippen LogP contribution >= 0.6 is 35.0 Å². The van der Waals surface area contributed by atoms with Gasteiger partial charge in [0.25, 0.3) is 15.9 Å². The van der Waals surface area contributed by atoms with Crippen LogP contribution in [-0.4, -0.2) is 33.6 Å². The van der Waals surface area contributed by atoms with Gasteiger partial charge in [0, 0.05) is 5.25 Å². The maximum absolute atomic E-state index is 13.6. The third kappa shape index (κ3) is 4.37. The van der Waals surface area contributed by atoms with Gasteiger partial charge >= 0.3 is 0 Å². The minimum Gasteiger partial charge on any atom is -0.270 e. The van der Waals surface area contributed by atoms with Gasteiger partial charge in [-0.1, -0.05) is 90.5 Å². The highest BCUT2D eigenvalue weighted by Gasteiger charge is 2.62. The summed E-state index contributed by atoms with van der Waals surface area (Å²) in [4.78, 5) is 13.5. The second-order valence-electron chi connectivity index (χ2n) is 8.22. The smallest absolute Gasteiger partial charge is 0.270 e. The van der Waals surface area contributed by atoms with E-state index in [-0.39, 0.29) is 10.1 Å². The summed E-state index contributed by atoms with van der Waals surface area (Å²) in [5, 5.41) is -0.449. The monoisotopic (exact) mass is 497 g/mol. The van der Waals surface area contributed by atoms with Gasteiger partial charge in [-0.05, 0) is 37.5 Å². The number of rotatable bonds is 5. The van der Waals surface area contributed by atoms with Gasteiger partial charge in [0.05, 0.1) is 10.8 Å². The highest BCUT2D eigenvalue weighted by atomic mass is 35.5. The highest BCUT2D eigenvalue weighted by molar-refractivity contribution is 8.01. The van der Waals surface area contributed by atoms with Crippen LogP contribution < -0.4 is 0 Å². The summed E-state index contributed by atoms with van der Waals surface area (Å²) in [5.41, 5.74) is 1.70. The van der Waals surface area contributed by atoms with E-state index in [0.717, 1.165) is 41.1 Å². The van der Waals surface area contributed by atoms with Crippen LogP contribution in [0.2, 0.25) is 0 Å². The Labute approximate surface area is 198 Å². The molecule has 0 radical (unpaired) electrons. The number of benzene rings is 2. The van der Waals surface area contributed by atoms with E-state index in [4.69, 9.17) is 23.2 Å². The molecule has 1 unspecified atom stereocenters. The maximum Gasteiger partial charge on any atom is 0.274 e. The molecule has 1 aliphatic heterocycles. The van der Waals surface area contributed by atoms with E-state index >= 15 is 0 Å². The molecule has 2 aromatic rings. The Balaban J connectivity index is 1.81. The van der Waals surface area contributed by atoms with E-state index in [2.05, 4.69) is 0 Å². The topological polar surface area (TPSA) is 54.5 Å². The maximum atomic E-state index is 13.6. The SMILES string of the molecule is Cc1ccc(S(=O)(=O)N2C(=O)C(Cl)(Cl)[C@H](c3ccccc3)C2SC2CCCCC2)cc1. The number of hydrogen-bond donors (Lipinski definition) is 0. The van der Waals surface area contributed by atoms with Crippen LogP contribution in [0.3, 0.4) is 0 Å². The molecule has 1 heterocycles. The van der Waals surface area contributed by atoms with Crippen molar-refractivity contribution >= 4 is 50.9 Å². The van der Waals surface area contributed by atoms with E-state index in [9.17, 15) is 13.2 Å². The number of aryl methyl sites for hydroxylation is 1. The summed E-state index contributed by atoms with van der Waals surface area (Å²) in [6.07, 6.45) is 5.38. The van der Waals surface area contributed by atoms with Crippen molar-refractivity contribution in [1.82, 2.24) is 4.31 Å². The zero-order chi connectivity index (χ0) is 22.2. The number of hydrogen-bond acceptors (Lipinski definition) is 4. The van der Waals surface area contributed by atoms with Gasteiger partial charge in [0.1, 0.15) is 5.37 Å². The molecule has 1 saturated carbocycles. The van der Waals surface area contributed by atoms with Crippen LogP contribution in [0.4, 0.5) is 0 Å². The number of carbonyl (C=O) groups excluding carboxylic acids is 1. The molecule has 166 valence electrons. The van der Waals surface area contributed by atoms with E-state index in [1.54, 1.807) is 12.1 Å². The van der Waals surface area contributed by atoms with Gasteiger partial charge in [0.15, 0.2) is 0 Å². The molecule has 2 aromatic carbocycles. The molecule has 1 amide bonds. The minimum absolute atomic E-state index is 0.0681. The van der Waals surface area contributed by atoms with Crippen molar-refractivity contribution in [2.24, 2.45) is 0 Å². The van der Waals surface area contributed by atoms with E-state index in [1.165, 1.54) is 30.3 Å². The van der Waals surface area contributed by atoms with Crippen molar-refractivity contribution in [3.63, 3.8) is 0 Å². The molecule has 0 aromatic heterocycles. The number of alkyl halides is 2. The third-order valence-electron chi connectivity index (χ3n) is 6.01. The summed E-state index contributed by atoms with van der Waals surface area (Å²) in [6, 6.07) is 15.8. The summed E-state index contributed by atoms with van der Waals surface area (Å²) >= 11 is 14.8. The van der Waals surface area contributed by atoms with Crippen molar-refractivity contribution in [3.8, 4) is 0 Å². The number of halogens is 2. The van der Waals surface area contributed by atoms with Crippen LogP contribution in [0.1, 0.15) is 49.1 Å². The average Bonchev–Trinajstić information content (AvgIpc) is 2.95. The molecule has 2 fully saturated rings. The van der Waals surface area contributed by atoms with Gasteiger partial charge in [-0.3, -0.25) is 4.79 Å². The van der Waals surface area contributed by atoms with Crippen LogP contribution in [0.25, 0.3) is 0 Å². The zero-order valence-electron chi connectivity index (χ0n) is 17.2. The lowest BCUT2D eigenvalue weighted by molar-refractivity contribution is -0.124. The fraction of sp³-hybridized carbons (Fsp3) is 0.435. The fourth-order valence-corrected chi connectivity index (χ4v) is 8.95. The summed E-state index contributed by atoms with van der Waals surface area (Å²) in [7, 11) is -4.12. The molecule has 2 aliphatic rings. The molecule has 0 bridgehead atoms. The normalized spacial score (nSPS) is 24.5. The lowest BCUT2D eigenvalue weighted by Gasteiger charge is -2.32. The second kappa shape index (κ2) is 8.97. The van der Waals surface area contributed by atoms with Crippen molar-refractivity contribution in [1.29, 1.82) is 0 Å². The molecule has 0 N–H and O–H groups in total. The summed E-state index contributed by atoms with van der Waals surface area (Å²) < 4.78 is 26.4. The zero-order valence-corrected chi connectivity index (χ0v) is 20.4. The molecule has 31 heavy (non-hydrogen) atoms. The standard InChI is InChI=1S/C23H25Cl2NO3S2/c1-16-12-14-19(15-13-16)31(28,29)26-21(30-18-10-6-3-7-11-18)20(23(24,25)22(26)27)17-8-4-2-5-9-17/h2,4-5,8-9,12-15,18,20-21H,3,6-7,10-11H2,1H3/t20-,21?/m1/s1. The van der Waals surface area contributed by atoms with Gasteiger partial charge in [0.2, 0.25) is 4.33 Å². The Morgan fingerprint density at radius 3 is 2.19 bits per heavy atom. The molecule has 0 spiro atoms. The predicted octanol–water partition coefficient (Wildman–Crippen LogP) is 5.88. The lowest BCUT2D eigenvalue weighted by Crippen LogP contribution is -2.40. The summed E-state index contributed by atoms with van der Waals surface area (Å²) in [6.45, 7) is 1.88. The van der Waals surface area contributed by atoms with Crippen LogP contribution in [0, 0.1) is 6.92 Å². The van der Waals surface area contributed by atoms with Crippen molar-refractivity contribution in [2.75, 3.05) is 0 Å². The Bertz CT molecular complexity index is 1040. The molecular weight excluding hydrogens is 473 g/mol. The van der Waals surface area contributed by atoms with Gasteiger partial charge in [-0.15, -0.1) is 11.8 Å². The first-order valence-electron chi connectivity index (χ1n) is 10.5. The predicted molar refractivity (Wildman–Crippen MR) is 127 cm³/mol.